The molecule has 138 valence electrons. The molecule has 1 N–H and O–H groups in total. The number of fused-ring (bicyclic) bond motifs is 1. The number of nitrogens with one attached hydrogen (secondary N) is 1. The summed E-state index contributed by atoms with van der Waals surface area (Å²) in [5.74, 6) is -0.184. The number of carbonyl (C=O) groups excluding carboxylic acids is 1. The van der Waals surface area contributed by atoms with Crippen molar-refractivity contribution in [2.24, 2.45) is 7.05 Å². The van der Waals surface area contributed by atoms with Crippen LogP contribution in [0.5, 0.6) is 0 Å². The second kappa shape index (κ2) is 7.65. The first-order valence-corrected chi connectivity index (χ1v) is 8.89. The minimum absolute atomic E-state index is 0.184. The molecule has 26 heavy (non-hydrogen) atoms. The van der Waals surface area contributed by atoms with E-state index in [-0.39, 0.29) is 5.91 Å². The van der Waals surface area contributed by atoms with Crippen molar-refractivity contribution < 1.29 is 4.79 Å². The largest absolute Gasteiger partial charge is 0.349 e. The number of aryl methyl sites for hydroxylation is 1. The number of aromatic nitrogens is 5. The molecule has 0 spiro atoms. The molecular weight excluding hydrogens is 330 g/mol. The van der Waals surface area contributed by atoms with Crippen LogP contribution in [0.4, 0.5) is 0 Å². The third kappa shape index (κ3) is 3.45. The van der Waals surface area contributed by atoms with Crippen molar-refractivity contribution in [1.29, 1.82) is 0 Å². The molecule has 0 unspecified atom stereocenters. The summed E-state index contributed by atoms with van der Waals surface area (Å²) < 4.78 is 3.51. The summed E-state index contributed by atoms with van der Waals surface area (Å²) in [7, 11) is 1.90. The predicted octanol–water partition coefficient (Wildman–Crippen LogP) is 1.51. The lowest BCUT2D eigenvalue weighted by Gasteiger charge is -2.17. The Bertz CT molecular complexity index is 908. The number of hydrogen-bond donors (Lipinski definition) is 1. The second-order valence-corrected chi connectivity index (χ2v) is 6.18. The summed E-state index contributed by atoms with van der Waals surface area (Å²) in [5.41, 5.74) is 3.86. The molecule has 0 atom stereocenters. The number of likely N-dealkylation sites (N-methyl/N-ethyl adjacent to an activating group) is 1. The standard InChI is InChI=1S/C18H25N7O/c1-5-24(6-2)10-9-20-18(26)15-11-17-19-8-7-16(25(17)22-15)14-12-21-23(4)13(14)3/h7-8,11-12H,5-6,9-10H2,1-4H3,(H,20,26). The van der Waals surface area contributed by atoms with Crippen LogP contribution in [0.3, 0.4) is 0 Å². The summed E-state index contributed by atoms with van der Waals surface area (Å²) >= 11 is 0. The third-order valence-electron chi connectivity index (χ3n) is 4.71. The topological polar surface area (TPSA) is 80.4 Å². The molecular formula is C18H25N7O. The zero-order valence-corrected chi connectivity index (χ0v) is 15.7. The number of hydrogen-bond acceptors (Lipinski definition) is 5. The first-order valence-electron chi connectivity index (χ1n) is 8.89. The lowest BCUT2D eigenvalue weighted by atomic mass is 10.2. The lowest BCUT2D eigenvalue weighted by Crippen LogP contribution is -2.34. The monoisotopic (exact) mass is 355 g/mol. The average Bonchev–Trinajstić information content (AvgIpc) is 3.23. The van der Waals surface area contributed by atoms with Crippen LogP contribution in [-0.2, 0) is 7.05 Å². The van der Waals surface area contributed by atoms with Gasteiger partial charge < -0.3 is 10.2 Å². The van der Waals surface area contributed by atoms with Crippen LogP contribution in [0.15, 0.2) is 24.5 Å². The molecule has 3 rings (SSSR count). The maximum absolute atomic E-state index is 12.4. The van der Waals surface area contributed by atoms with Crippen LogP contribution in [0, 0.1) is 6.92 Å². The van der Waals surface area contributed by atoms with Crippen molar-refractivity contribution in [2.45, 2.75) is 20.8 Å². The highest BCUT2D eigenvalue weighted by Gasteiger charge is 2.16. The smallest absolute Gasteiger partial charge is 0.271 e. The fourth-order valence-corrected chi connectivity index (χ4v) is 2.92. The van der Waals surface area contributed by atoms with Crippen LogP contribution >= 0.6 is 0 Å². The summed E-state index contributed by atoms with van der Waals surface area (Å²) in [4.78, 5) is 19.0. The van der Waals surface area contributed by atoms with Crippen molar-refractivity contribution in [1.82, 2.24) is 34.6 Å². The van der Waals surface area contributed by atoms with E-state index in [1.165, 1.54) is 0 Å². The summed E-state index contributed by atoms with van der Waals surface area (Å²) in [5, 5.41) is 11.7. The Morgan fingerprint density at radius 3 is 2.73 bits per heavy atom. The van der Waals surface area contributed by atoms with Crippen molar-refractivity contribution in [3.8, 4) is 11.3 Å². The van der Waals surface area contributed by atoms with Gasteiger partial charge in [0.2, 0.25) is 0 Å². The first kappa shape index (κ1) is 18.1. The molecule has 1 amide bonds. The van der Waals surface area contributed by atoms with E-state index in [9.17, 15) is 4.79 Å². The second-order valence-electron chi connectivity index (χ2n) is 6.18. The minimum atomic E-state index is -0.184. The Balaban J connectivity index is 1.82. The quantitative estimate of drug-likeness (QED) is 0.695. The fourth-order valence-electron chi connectivity index (χ4n) is 2.92. The molecule has 8 heteroatoms. The van der Waals surface area contributed by atoms with Gasteiger partial charge in [-0.25, -0.2) is 9.50 Å². The maximum Gasteiger partial charge on any atom is 0.271 e. The summed E-state index contributed by atoms with van der Waals surface area (Å²) in [6, 6.07) is 3.59. The van der Waals surface area contributed by atoms with Crippen LogP contribution < -0.4 is 5.32 Å². The molecule has 0 saturated heterocycles. The number of rotatable bonds is 7. The third-order valence-corrected chi connectivity index (χ3v) is 4.71. The van der Waals surface area contributed by atoms with Gasteiger partial charge in [0.25, 0.3) is 5.91 Å². The Labute approximate surface area is 152 Å². The molecule has 3 aromatic rings. The number of nitrogens with zero attached hydrogens (tertiary/aromatic N) is 6. The van der Waals surface area contributed by atoms with Crippen LogP contribution in [0.1, 0.15) is 30.0 Å². The van der Waals surface area contributed by atoms with Gasteiger partial charge in [-0.2, -0.15) is 10.2 Å². The predicted molar refractivity (Wildman–Crippen MR) is 100 cm³/mol. The summed E-state index contributed by atoms with van der Waals surface area (Å²) in [6.07, 6.45) is 3.52. The molecule has 0 aliphatic carbocycles. The molecule has 0 radical (unpaired) electrons. The van der Waals surface area contributed by atoms with Crippen molar-refractivity contribution in [3.63, 3.8) is 0 Å². The summed E-state index contributed by atoms with van der Waals surface area (Å²) in [6.45, 7) is 9.58. The maximum atomic E-state index is 12.4. The number of amides is 1. The van der Waals surface area contributed by atoms with Gasteiger partial charge in [-0.1, -0.05) is 13.8 Å². The highest BCUT2D eigenvalue weighted by molar-refractivity contribution is 5.93. The SMILES string of the molecule is CCN(CC)CCNC(=O)c1cc2nccc(-c3cnn(C)c3C)n2n1. The molecule has 0 aliphatic heterocycles. The molecule has 0 aromatic carbocycles. The van der Waals surface area contributed by atoms with Crippen LogP contribution in [0.25, 0.3) is 16.9 Å². The van der Waals surface area contributed by atoms with Crippen LogP contribution in [0.2, 0.25) is 0 Å². The molecule has 0 aliphatic rings. The van der Waals surface area contributed by atoms with E-state index in [1.54, 1.807) is 23.0 Å². The van der Waals surface area contributed by atoms with Crippen LogP contribution in [-0.4, -0.2) is 61.4 Å². The molecule has 3 heterocycles. The van der Waals surface area contributed by atoms with Crippen molar-refractivity contribution >= 4 is 11.6 Å². The lowest BCUT2D eigenvalue weighted by molar-refractivity contribution is 0.0943. The van der Waals surface area contributed by atoms with Gasteiger partial charge >= 0.3 is 0 Å². The average molecular weight is 355 g/mol. The van der Waals surface area contributed by atoms with E-state index < -0.39 is 0 Å². The molecule has 3 aromatic heterocycles. The zero-order chi connectivity index (χ0) is 18.7. The van der Waals surface area contributed by atoms with Crippen molar-refractivity contribution in [2.75, 3.05) is 26.2 Å². The van der Waals surface area contributed by atoms with Gasteiger partial charge in [-0.3, -0.25) is 9.48 Å². The normalized spacial score (nSPS) is 11.4. The van der Waals surface area contributed by atoms with Gasteiger partial charge in [0.15, 0.2) is 11.3 Å². The highest BCUT2D eigenvalue weighted by atomic mass is 16.1. The molecule has 0 fully saturated rings. The van der Waals surface area contributed by atoms with Gasteiger partial charge in [0.05, 0.1) is 11.9 Å². The van der Waals surface area contributed by atoms with Gasteiger partial charge in [-0.15, -0.1) is 0 Å². The van der Waals surface area contributed by atoms with Gasteiger partial charge in [0, 0.05) is 43.7 Å². The molecule has 0 saturated carbocycles. The number of carbonyl (C=O) groups is 1. The van der Waals surface area contributed by atoms with E-state index in [0.717, 1.165) is 36.6 Å². The Morgan fingerprint density at radius 2 is 2.08 bits per heavy atom. The van der Waals surface area contributed by atoms with E-state index in [2.05, 4.69) is 39.2 Å². The minimum Gasteiger partial charge on any atom is -0.349 e. The highest BCUT2D eigenvalue weighted by Crippen LogP contribution is 2.22. The molecule has 8 nitrogen and oxygen atoms in total. The van der Waals surface area contributed by atoms with E-state index in [1.807, 2.05) is 24.7 Å². The Morgan fingerprint density at radius 1 is 1.31 bits per heavy atom. The van der Waals surface area contributed by atoms with E-state index >= 15 is 0 Å². The first-order chi connectivity index (χ1) is 12.5. The van der Waals surface area contributed by atoms with Crippen molar-refractivity contribution in [3.05, 3.63) is 35.9 Å². The van der Waals surface area contributed by atoms with Gasteiger partial charge in [-0.05, 0) is 26.1 Å². The van der Waals surface area contributed by atoms with Gasteiger partial charge in [0.1, 0.15) is 0 Å². The van der Waals surface area contributed by atoms with E-state index in [4.69, 9.17) is 0 Å². The molecule has 0 bridgehead atoms. The zero-order valence-electron chi connectivity index (χ0n) is 15.7. The fraction of sp³-hybridized carbons (Fsp3) is 0.444. The Hall–Kier alpha value is -2.74. The van der Waals surface area contributed by atoms with E-state index in [0.29, 0.717) is 17.9 Å². The Kier molecular flexibility index (Phi) is 5.32.